The molecule has 1 aromatic carbocycles. The Balaban J connectivity index is 2.25. The maximum absolute atomic E-state index is 12.4. The molecule has 0 saturated heterocycles. The van der Waals surface area contributed by atoms with Gasteiger partial charge in [-0.2, -0.15) is 0 Å². The van der Waals surface area contributed by atoms with Crippen LogP contribution in [0, 0.1) is 10.1 Å². The van der Waals surface area contributed by atoms with Crippen molar-refractivity contribution in [3.05, 3.63) is 56.8 Å². The lowest BCUT2D eigenvalue weighted by atomic mass is 10.2. The summed E-state index contributed by atoms with van der Waals surface area (Å²) in [6, 6.07) is 8.87. The Labute approximate surface area is 145 Å². The predicted octanol–water partition coefficient (Wildman–Crippen LogP) is 2.98. The molecule has 0 aliphatic rings. The zero-order chi connectivity index (χ0) is 16.2. The molecule has 0 spiro atoms. The van der Waals surface area contributed by atoms with Gasteiger partial charge in [-0.05, 0) is 23.9 Å². The van der Waals surface area contributed by atoms with Gasteiger partial charge in [0.2, 0.25) is 10.0 Å². The number of para-hydroxylation sites is 1. The van der Waals surface area contributed by atoms with E-state index in [4.69, 9.17) is 0 Å². The van der Waals surface area contributed by atoms with Crippen LogP contribution in [0.5, 0.6) is 0 Å². The second kappa shape index (κ2) is 7.49. The van der Waals surface area contributed by atoms with Crippen molar-refractivity contribution in [2.24, 2.45) is 0 Å². The number of thiophene rings is 1. The van der Waals surface area contributed by atoms with Crippen molar-refractivity contribution < 1.29 is 13.3 Å². The first-order valence-electron chi connectivity index (χ1n) is 6.28. The van der Waals surface area contributed by atoms with Crippen molar-refractivity contribution >= 4 is 49.6 Å². The molecule has 0 bridgehead atoms. The summed E-state index contributed by atoms with van der Waals surface area (Å²) in [6.07, 6.45) is 0.556. The lowest BCUT2D eigenvalue weighted by Gasteiger charge is -2.15. The fraction of sp³-hybridized carbons (Fsp3) is 0.231. The minimum atomic E-state index is -3.94. The summed E-state index contributed by atoms with van der Waals surface area (Å²) in [7, 11) is -3.94. The minimum absolute atomic E-state index is 0.305. The molecule has 1 aromatic heterocycles. The Morgan fingerprint density at radius 1 is 1.27 bits per heavy atom. The molecule has 1 atom stereocenters. The second-order valence-corrected chi connectivity index (χ2v) is 8.08. The highest BCUT2D eigenvalue weighted by Crippen LogP contribution is 2.23. The van der Waals surface area contributed by atoms with Gasteiger partial charge in [-0.3, -0.25) is 10.1 Å². The molecule has 0 aliphatic heterocycles. The monoisotopic (exact) mass is 452 g/mol. The molecule has 1 heterocycles. The summed E-state index contributed by atoms with van der Waals surface area (Å²) in [5.74, 6) is 0. The third-order valence-corrected chi connectivity index (χ3v) is 6.42. The van der Waals surface area contributed by atoms with Crippen LogP contribution in [0.2, 0.25) is 0 Å². The quantitative estimate of drug-likeness (QED) is 0.303. The van der Waals surface area contributed by atoms with Gasteiger partial charge in [0.15, 0.2) is 4.90 Å². The summed E-state index contributed by atoms with van der Waals surface area (Å²) in [5, 5.41) is 12.9. The van der Waals surface area contributed by atoms with E-state index < -0.39 is 20.6 Å². The van der Waals surface area contributed by atoms with Crippen LogP contribution in [0.1, 0.15) is 4.88 Å². The van der Waals surface area contributed by atoms with E-state index in [0.717, 1.165) is 4.88 Å². The number of nitrogens with zero attached hydrogens (tertiary/aromatic N) is 1. The number of benzene rings is 1. The smallest absolute Gasteiger partial charge is 0.258 e. The summed E-state index contributed by atoms with van der Waals surface area (Å²) >= 11 is 3.65. The molecule has 0 radical (unpaired) electrons. The van der Waals surface area contributed by atoms with Crippen molar-refractivity contribution in [2.45, 2.75) is 17.4 Å². The fourth-order valence-corrected chi connectivity index (χ4v) is 4.94. The Morgan fingerprint density at radius 3 is 2.59 bits per heavy atom. The molecule has 22 heavy (non-hydrogen) atoms. The topological polar surface area (TPSA) is 89.3 Å². The molecular formula is C13H13IN2O4S2. The van der Waals surface area contributed by atoms with Crippen molar-refractivity contribution in [3.8, 4) is 0 Å². The van der Waals surface area contributed by atoms with Crippen molar-refractivity contribution in [1.82, 2.24) is 4.72 Å². The second-order valence-electron chi connectivity index (χ2n) is 4.48. The first-order valence-corrected chi connectivity index (χ1v) is 10.2. The van der Waals surface area contributed by atoms with E-state index in [0.29, 0.717) is 10.8 Å². The Bertz CT molecular complexity index is 747. The molecule has 2 aromatic rings. The first-order chi connectivity index (χ1) is 10.4. The highest BCUT2D eigenvalue weighted by molar-refractivity contribution is 14.1. The third-order valence-electron chi connectivity index (χ3n) is 2.89. The average Bonchev–Trinajstić information content (AvgIpc) is 2.99. The third kappa shape index (κ3) is 4.24. The highest BCUT2D eigenvalue weighted by Gasteiger charge is 2.27. The molecule has 0 amide bonds. The number of rotatable bonds is 7. The van der Waals surface area contributed by atoms with Crippen LogP contribution >= 0.6 is 33.9 Å². The number of halogens is 1. The van der Waals surface area contributed by atoms with Gasteiger partial charge in [0.25, 0.3) is 5.69 Å². The molecule has 6 nitrogen and oxygen atoms in total. The summed E-state index contributed by atoms with van der Waals surface area (Å²) in [5.41, 5.74) is -0.418. The van der Waals surface area contributed by atoms with E-state index in [-0.39, 0.29) is 10.9 Å². The summed E-state index contributed by atoms with van der Waals surface area (Å²) < 4.78 is 28.0. The predicted molar refractivity (Wildman–Crippen MR) is 94.1 cm³/mol. The van der Waals surface area contributed by atoms with Gasteiger partial charge in [0, 0.05) is 21.4 Å². The fourth-order valence-electron chi connectivity index (χ4n) is 1.92. The SMILES string of the molecule is O=[N+]([O-])c1ccccc1S(=O)(=O)N[C@@H](CI)Cc1cccs1. The molecule has 1 N–H and O–H groups in total. The van der Waals surface area contributed by atoms with Crippen LogP contribution in [-0.2, 0) is 16.4 Å². The maximum atomic E-state index is 12.4. The first kappa shape index (κ1) is 17.3. The molecule has 118 valence electrons. The molecule has 0 aliphatic carbocycles. The van der Waals surface area contributed by atoms with Crippen LogP contribution in [-0.4, -0.2) is 23.8 Å². The molecule has 9 heteroatoms. The summed E-state index contributed by atoms with van der Waals surface area (Å²) in [6.45, 7) is 0. The van der Waals surface area contributed by atoms with E-state index in [9.17, 15) is 18.5 Å². The number of alkyl halides is 1. The van der Waals surface area contributed by atoms with E-state index in [1.54, 1.807) is 11.3 Å². The van der Waals surface area contributed by atoms with Gasteiger partial charge in [0.1, 0.15) is 0 Å². The molecule has 0 fully saturated rings. The van der Waals surface area contributed by atoms with Gasteiger partial charge in [-0.25, -0.2) is 13.1 Å². The zero-order valence-electron chi connectivity index (χ0n) is 11.3. The van der Waals surface area contributed by atoms with Gasteiger partial charge < -0.3 is 0 Å². The molecule has 2 rings (SSSR count). The standard InChI is InChI=1S/C13H13IN2O4S2/c14-9-10(8-11-4-3-7-21-11)15-22(19,20)13-6-2-1-5-12(13)16(17)18/h1-7,10,15H,8-9H2/t10-/m1/s1. The number of hydrogen-bond acceptors (Lipinski definition) is 5. The van der Waals surface area contributed by atoms with Crippen LogP contribution in [0.4, 0.5) is 5.69 Å². The van der Waals surface area contributed by atoms with Gasteiger partial charge in [-0.1, -0.05) is 40.8 Å². The van der Waals surface area contributed by atoms with Crippen LogP contribution < -0.4 is 4.72 Å². The number of nitro benzene ring substituents is 1. The number of sulfonamides is 1. The van der Waals surface area contributed by atoms with Crippen molar-refractivity contribution in [2.75, 3.05) is 4.43 Å². The van der Waals surface area contributed by atoms with Crippen molar-refractivity contribution in [3.63, 3.8) is 0 Å². The number of nitro groups is 1. The van der Waals surface area contributed by atoms with Crippen LogP contribution in [0.25, 0.3) is 0 Å². The van der Waals surface area contributed by atoms with Crippen molar-refractivity contribution in [1.29, 1.82) is 0 Å². The van der Waals surface area contributed by atoms with Crippen LogP contribution in [0.3, 0.4) is 0 Å². The van der Waals surface area contributed by atoms with E-state index in [1.807, 2.05) is 17.5 Å². The lowest BCUT2D eigenvalue weighted by molar-refractivity contribution is -0.387. The molecule has 0 saturated carbocycles. The highest BCUT2D eigenvalue weighted by atomic mass is 127. The number of nitrogens with one attached hydrogen (secondary N) is 1. The Kier molecular flexibility index (Phi) is 5.89. The van der Waals surface area contributed by atoms with E-state index in [1.165, 1.54) is 24.3 Å². The molecular weight excluding hydrogens is 439 g/mol. The maximum Gasteiger partial charge on any atom is 0.289 e. The lowest BCUT2D eigenvalue weighted by Crippen LogP contribution is -2.37. The average molecular weight is 452 g/mol. The van der Waals surface area contributed by atoms with Crippen LogP contribution in [0.15, 0.2) is 46.7 Å². The minimum Gasteiger partial charge on any atom is -0.258 e. The van der Waals surface area contributed by atoms with Gasteiger partial charge >= 0.3 is 0 Å². The summed E-state index contributed by atoms with van der Waals surface area (Å²) in [4.78, 5) is 11.1. The van der Waals surface area contributed by atoms with E-state index >= 15 is 0 Å². The van der Waals surface area contributed by atoms with E-state index in [2.05, 4.69) is 27.3 Å². The largest absolute Gasteiger partial charge is 0.289 e. The zero-order valence-corrected chi connectivity index (χ0v) is 15.1. The van der Waals surface area contributed by atoms with Gasteiger partial charge in [0.05, 0.1) is 4.92 Å². The Hall–Kier alpha value is -1.04. The normalized spacial score (nSPS) is 13.0. The van der Waals surface area contributed by atoms with Gasteiger partial charge in [-0.15, -0.1) is 11.3 Å². The number of hydrogen-bond donors (Lipinski definition) is 1. The molecule has 0 unspecified atom stereocenters. The Morgan fingerprint density at radius 2 is 2.00 bits per heavy atom.